The maximum atomic E-state index is 12.7. The first-order valence-electron chi connectivity index (χ1n) is 8.22. The van der Waals surface area contributed by atoms with E-state index in [1.54, 1.807) is 11.8 Å². The number of anilines is 1. The molecule has 2 fully saturated rings. The van der Waals surface area contributed by atoms with E-state index in [0.29, 0.717) is 25.9 Å². The second-order valence-electron chi connectivity index (χ2n) is 7.04. The standard InChI is InChI=1S/C18H22N2O4/c1-12-3-5-13(6-4-12)20-9-7-14(16(20)22)15(21)19-10-8-18(2,11-19)17(23)24/h3-6,14H,7-11H2,1-2H3,(H,23,24). The minimum absolute atomic E-state index is 0.176. The van der Waals surface area contributed by atoms with Crippen LogP contribution in [-0.2, 0) is 14.4 Å². The van der Waals surface area contributed by atoms with Crippen molar-refractivity contribution >= 4 is 23.5 Å². The normalized spacial score (nSPS) is 26.9. The molecule has 1 aromatic rings. The van der Waals surface area contributed by atoms with Gasteiger partial charge in [0, 0.05) is 25.3 Å². The smallest absolute Gasteiger partial charge is 0.311 e. The van der Waals surface area contributed by atoms with Crippen LogP contribution < -0.4 is 4.90 Å². The van der Waals surface area contributed by atoms with Crippen LogP contribution >= 0.6 is 0 Å². The van der Waals surface area contributed by atoms with Crippen molar-refractivity contribution in [3.05, 3.63) is 29.8 Å². The zero-order valence-electron chi connectivity index (χ0n) is 14.0. The summed E-state index contributed by atoms with van der Waals surface area (Å²) < 4.78 is 0. The molecular weight excluding hydrogens is 308 g/mol. The average Bonchev–Trinajstić information content (AvgIpc) is 3.12. The summed E-state index contributed by atoms with van der Waals surface area (Å²) in [5, 5.41) is 9.29. The number of aryl methyl sites for hydroxylation is 1. The molecule has 2 atom stereocenters. The first-order chi connectivity index (χ1) is 11.3. The van der Waals surface area contributed by atoms with E-state index < -0.39 is 17.3 Å². The maximum Gasteiger partial charge on any atom is 0.311 e. The topological polar surface area (TPSA) is 77.9 Å². The van der Waals surface area contributed by atoms with Crippen LogP contribution in [0.2, 0.25) is 0 Å². The van der Waals surface area contributed by atoms with Crippen molar-refractivity contribution < 1.29 is 19.5 Å². The number of carbonyl (C=O) groups excluding carboxylic acids is 2. The third-order valence-electron chi connectivity index (χ3n) is 5.15. The third kappa shape index (κ3) is 2.77. The van der Waals surface area contributed by atoms with E-state index in [2.05, 4.69) is 0 Å². The van der Waals surface area contributed by atoms with Crippen molar-refractivity contribution in [2.45, 2.75) is 26.7 Å². The minimum atomic E-state index is -0.909. The summed E-state index contributed by atoms with van der Waals surface area (Å²) in [6, 6.07) is 7.65. The van der Waals surface area contributed by atoms with Crippen LogP contribution in [0.5, 0.6) is 0 Å². The molecule has 3 rings (SSSR count). The molecule has 24 heavy (non-hydrogen) atoms. The summed E-state index contributed by atoms with van der Waals surface area (Å²) in [7, 11) is 0. The maximum absolute atomic E-state index is 12.7. The van der Waals surface area contributed by atoms with Gasteiger partial charge in [-0.3, -0.25) is 14.4 Å². The van der Waals surface area contributed by atoms with E-state index in [-0.39, 0.29) is 18.4 Å². The lowest BCUT2D eigenvalue weighted by molar-refractivity contribution is -0.147. The van der Waals surface area contributed by atoms with Gasteiger partial charge in [0.15, 0.2) is 0 Å². The quantitative estimate of drug-likeness (QED) is 0.855. The van der Waals surface area contributed by atoms with Crippen molar-refractivity contribution in [1.29, 1.82) is 0 Å². The number of aliphatic carboxylic acids is 1. The average molecular weight is 330 g/mol. The first kappa shape index (κ1) is 16.5. The van der Waals surface area contributed by atoms with Crippen LogP contribution in [0.15, 0.2) is 24.3 Å². The fourth-order valence-electron chi connectivity index (χ4n) is 3.43. The van der Waals surface area contributed by atoms with Crippen molar-refractivity contribution in [2.24, 2.45) is 11.3 Å². The van der Waals surface area contributed by atoms with E-state index in [4.69, 9.17) is 0 Å². The molecule has 1 N–H and O–H groups in total. The second kappa shape index (κ2) is 5.92. The Labute approximate surface area is 141 Å². The van der Waals surface area contributed by atoms with Gasteiger partial charge in [0.25, 0.3) is 0 Å². The highest BCUT2D eigenvalue weighted by Crippen LogP contribution is 2.33. The lowest BCUT2D eigenvalue weighted by Gasteiger charge is -2.22. The van der Waals surface area contributed by atoms with Gasteiger partial charge in [-0.15, -0.1) is 0 Å². The lowest BCUT2D eigenvalue weighted by atomic mass is 9.90. The molecular formula is C18H22N2O4. The fraction of sp³-hybridized carbons (Fsp3) is 0.500. The zero-order chi connectivity index (χ0) is 17.5. The summed E-state index contributed by atoms with van der Waals surface area (Å²) >= 11 is 0. The van der Waals surface area contributed by atoms with Gasteiger partial charge < -0.3 is 14.9 Å². The summed E-state index contributed by atoms with van der Waals surface area (Å²) in [5.41, 5.74) is 1.01. The lowest BCUT2D eigenvalue weighted by Crippen LogP contribution is -2.41. The summed E-state index contributed by atoms with van der Waals surface area (Å²) in [5.74, 6) is -2.01. The molecule has 128 valence electrons. The SMILES string of the molecule is Cc1ccc(N2CCC(C(=O)N3CCC(C)(C(=O)O)C3)C2=O)cc1. The molecule has 0 aliphatic carbocycles. The van der Waals surface area contributed by atoms with E-state index in [9.17, 15) is 19.5 Å². The number of nitrogens with zero attached hydrogens (tertiary/aromatic N) is 2. The number of hydrogen-bond acceptors (Lipinski definition) is 3. The third-order valence-corrected chi connectivity index (χ3v) is 5.15. The Hall–Kier alpha value is -2.37. The largest absolute Gasteiger partial charge is 0.481 e. The van der Waals surface area contributed by atoms with E-state index in [0.717, 1.165) is 11.3 Å². The van der Waals surface area contributed by atoms with E-state index >= 15 is 0 Å². The van der Waals surface area contributed by atoms with Crippen LogP contribution in [0.25, 0.3) is 0 Å². The molecule has 2 heterocycles. The Kier molecular flexibility index (Phi) is 4.07. The molecule has 2 saturated heterocycles. The summed E-state index contributed by atoms with van der Waals surface area (Å²) in [4.78, 5) is 39.8. The molecule has 0 radical (unpaired) electrons. The molecule has 6 nitrogen and oxygen atoms in total. The number of rotatable bonds is 3. The Morgan fingerprint density at radius 3 is 2.46 bits per heavy atom. The number of carboxylic acids is 1. The molecule has 0 saturated carbocycles. The highest BCUT2D eigenvalue weighted by Gasteiger charge is 2.46. The highest BCUT2D eigenvalue weighted by atomic mass is 16.4. The zero-order valence-corrected chi connectivity index (χ0v) is 14.0. The Balaban J connectivity index is 1.70. The van der Waals surface area contributed by atoms with Gasteiger partial charge in [0.05, 0.1) is 5.41 Å². The number of amides is 2. The van der Waals surface area contributed by atoms with Gasteiger partial charge in [0.1, 0.15) is 5.92 Å². The fourth-order valence-corrected chi connectivity index (χ4v) is 3.43. The van der Waals surface area contributed by atoms with Crippen LogP contribution in [0.4, 0.5) is 5.69 Å². The Bertz CT molecular complexity index is 685. The monoisotopic (exact) mass is 330 g/mol. The molecule has 2 aliphatic heterocycles. The van der Waals surface area contributed by atoms with Crippen molar-refractivity contribution in [3.63, 3.8) is 0 Å². The van der Waals surface area contributed by atoms with Crippen LogP contribution in [-0.4, -0.2) is 47.4 Å². The molecule has 1 aromatic carbocycles. The predicted molar refractivity (Wildman–Crippen MR) is 88.6 cm³/mol. The molecule has 0 spiro atoms. The highest BCUT2D eigenvalue weighted by molar-refractivity contribution is 6.09. The van der Waals surface area contributed by atoms with Crippen molar-refractivity contribution in [2.75, 3.05) is 24.5 Å². The number of hydrogen-bond donors (Lipinski definition) is 1. The Morgan fingerprint density at radius 2 is 1.88 bits per heavy atom. The van der Waals surface area contributed by atoms with Gasteiger partial charge in [-0.25, -0.2) is 0 Å². The van der Waals surface area contributed by atoms with Gasteiger partial charge in [-0.2, -0.15) is 0 Å². The van der Waals surface area contributed by atoms with Crippen molar-refractivity contribution in [3.8, 4) is 0 Å². The summed E-state index contributed by atoms with van der Waals surface area (Å²) in [6.45, 7) is 4.72. The summed E-state index contributed by atoms with van der Waals surface area (Å²) in [6.07, 6.45) is 0.905. The first-order valence-corrected chi connectivity index (χ1v) is 8.22. The van der Waals surface area contributed by atoms with E-state index in [1.807, 2.05) is 31.2 Å². The van der Waals surface area contributed by atoms with Crippen LogP contribution in [0.3, 0.4) is 0 Å². The molecule has 2 amide bonds. The number of benzene rings is 1. The van der Waals surface area contributed by atoms with Gasteiger partial charge >= 0.3 is 5.97 Å². The number of carboxylic acid groups (broad SMARTS) is 1. The molecule has 2 aliphatic rings. The van der Waals surface area contributed by atoms with Crippen LogP contribution in [0.1, 0.15) is 25.3 Å². The second-order valence-corrected chi connectivity index (χ2v) is 7.04. The molecule has 0 aromatic heterocycles. The molecule has 2 unspecified atom stereocenters. The van der Waals surface area contributed by atoms with E-state index in [1.165, 1.54) is 4.90 Å². The van der Waals surface area contributed by atoms with Gasteiger partial charge in [-0.1, -0.05) is 17.7 Å². The number of carbonyl (C=O) groups is 3. The van der Waals surface area contributed by atoms with Crippen molar-refractivity contribution in [1.82, 2.24) is 4.90 Å². The Morgan fingerprint density at radius 1 is 1.21 bits per heavy atom. The minimum Gasteiger partial charge on any atom is -0.481 e. The van der Waals surface area contributed by atoms with Gasteiger partial charge in [-0.05, 0) is 38.8 Å². The molecule has 0 bridgehead atoms. The predicted octanol–water partition coefficient (Wildman–Crippen LogP) is 1.67. The van der Waals surface area contributed by atoms with Gasteiger partial charge in [0.2, 0.25) is 11.8 Å². The number of likely N-dealkylation sites (tertiary alicyclic amines) is 1. The molecule has 6 heteroatoms. The van der Waals surface area contributed by atoms with Crippen LogP contribution in [0, 0.1) is 18.3 Å².